The summed E-state index contributed by atoms with van der Waals surface area (Å²) in [5.74, 6) is -0.913. The number of halogens is 3. The molecule has 1 N–H and O–H groups in total. The van der Waals surface area contributed by atoms with E-state index in [1.165, 1.54) is 29.2 Å². The molecular weight excluding hydrogens is 605 g/mol. The second-order valence-electron chi connectivity index (χ2n) is 10.2. The van der Waals surface area contributed by atoms with Gasteiger partial charge in [0, 0.05) is 33.2 Å². The van der Waals surface area contributed by atoms with Crippen molar-refractivity contribution in [2.45, 2.75) is 63.1 Å². The lowest BCUT2D eigenvalue weighted by Crippen LogP contribution is -2.52. The number of hydrogen-bond donors (Lipinski definition) is 1. The van der Waals surface area contributed by atoms with Crippen molar-refractivity contribution in [1.82, 2.24) is 10.2 Å². The van der Waals surface area contributed by atoms with Crippen LogP contribution in [0.4, 0.5) is 5.69 Å². The number of amides is 2. The third-order valence-electron chi connectivity index (χ3n) is 7.26. The topological polar surface area (TPSA) is 86.8 Å². The van der Waals surface area contributed by atoms with Crippen LogP contribution in [-0.4, -0.2) is 43.8 Å². The molecule has 218 valence electrons. The third kappa shape index (κ3) is 7.55. The SMILES string of the molecule is Cc1ccc(N(CC(=O)N(Cc2c(Cl)cccc2Cl)C(C)C(=O)NC2CCCC2)S(=O)(=O)c2ccc(Cl)cc2)cc1. The number of benzene rings is 3. The van der Waals surface area contributed by atoms with Crippen LogP contribution in [0.3, 0.4) is 0 Å². The van der Waals surface area contributed by atoms with Crippen LogP contribution in [0.15, 0.2) is 71.6 Å². The van der Waals surface area contributed by atoms with E-state index < -0.39 is 28.5 Å². The van der Waals surface area contributed by atoms with E-state index >= 15 is 0 Å². The van der Waals surface area contributed by atoms with E-state index in [9.17, 15) is 18.0 Å². The summed E-state index contributed by atoms with van der Waals surface area (Å²) in [6.45, 7) is 2.86. The van der Waals surface area contributed by atoms with Gasteiger partial charge in [-0.25, -0.2) is 8.42 Å². The van der Waals surface area contributed by atoms with Crippen molar-refractivity contribution < 1.29 is 18.0 Å². The minimum absolute atomic E-state index is 0.0250. The highest BCUT2D eigenvalue weighted by Crippen LogP contribution is 2.29. The van der Waals surface area contributed by atoms with Gasteiger partial charge in [0.25, 0.3) is 10.0 Å². The van der Waals surface area contributed by atoms with E-state index in [-0.39, 0.29) is 23.4 Å². The number of nitrogens with zero attached hydrogens (tertiary/aromatic N) is 2. The molecule has 4 rings (SSSR count). The Morgan fingerprint density at radius 2 is 1.51 bits per heavy atom. The number of carbonyl (C=O) groups is 2. The molecule has 0 heterocycles. The number of sulfonamides is 1. The van der Waals surface area contributed by atoms with Crippen molar-refractivity contribution >= 4 is 62.3 Å². The summed E-state index contributed by atoms with van der Waals surface area (Å²) in [4.78, 5) is 28.7. The van der Waals surface area contributed by atoms with Gasteiger partial charge in [0.15, 0.2) is 0 Å². The Hall–Kier alpha value is -2.78. The average Bonchev–Trinajstić information content (AvgIpc) is 3.45. The van der Waals surface area contributed by atoms with Gasteiger partial charge in [-0.2, -0.15) is 0 Å². The van der Waals surface area contributed by atoms with Gasteiger partial charge >= 0.3 is 0 Å². The molecule has 3 aromatic carbocycles. The van der Waals surface area contributed by atoms with Crippen LogP contribution in [-0.2, 0) is 26.2 Å². The van der Waals surface area contributed by atoms with E-state index in [2.05, 4.69) is 5.32 Å². The van der Waals surface area contributed by atoms with Crippen molar-refractivity contribution in [1.29, 1.82) is 0 Å². The molecule has 11 heteroatoms. The number of nitrogens with one attached hydrogen (secondary N) is 1. The monoisotopic (exact) mass is 635 g/mol. The number of rotatable bonds is 10. The van der Waals surface area contributed by atoms with Crippen LogP contribution in [0.1, 0.15) is 43.7 Å². The van der Waals surface area contributed by atoms with Crippen LogP contribution < -0.4 is 9.62 Å². The number of hydrogen-bond acceptors (Lipinski definition) is 4. The van der Waals surface area contributed by atoms with Crippen molar-refractivity contribution in [3.05, 3.63) is 92.9 Å². The van der Waals surface area contributed by atoms with Crippen LogP contribution in [0.5, 0.6) is 0 Å². The van der Waals surface area contributed by atoms with Gasteiger partial charge in [-0.3, -0.25) is 13.9 Å². The minimum Gasteiger partial charge on any atom is -0.352 e. The van der Waals surface area contributed by atoms with Gasteiger partial charge in [-0.15, -0.1) is 0 Å². The third-order valence-corrected chi connectivity index (χ3v) is 10.0. The summed E-state index contributed by atoms with van der Waals surface area (Å²) in [5.41, 5.74) is 1.70. The van der Waals surface area contributed by atoms with Crippen LogP contribution in [0.25, 0.3) is 0 Å². The van der Waals surface area contributed by atoms with E-state index in [4.69, 9.17) is 34.8 Å². The van der Waals surface area contributed by atoms with Gasteiger partial charge in [0.2, 0.25) is 11.8 Å². The lowest BCUT2D eigenvalue weighted by Gasteiger charge is -2.33. The predicted octanol–water partition coefficient (Wildman–Crippen LogP) is 6.63. The highest BCUT2D eigenvalue weighted by molar-refractivity contribution is 7.92. The van der Waals surface area contributed by atoms with Gasteiger partial charge in [-0.1, -0.05) is 71.4 Å². The molecule has 0 aliphatic heterocycles. The maximum absolute atomic E-state index is 14.1. The molecule has 7 nitrogen and oxygen atoms in total. The van der Waals surface area contributed by atoms with Gasteiger partial charge in [0.05, 0.1) is 10.6 Å². The van der Waals surface area contributed by atoms with Crippen molar-refractivity contribution in [2.24, 2.45) is 0 Å². The van der Waals surface area contributed by atoms with E-state index in [1.807, 2.05) is 6.92 Å². The second-order valence-corrected chi connectivity index (χ2v) is 13.3. The fourth-order valence-electron chi connectivity index (χ4n) is 4.80. The second kappa shape index (κ2) is 13.5. The summed E-state index contributed by atoms with van der Waals surface area (Å²) in [5, 5.41) is 4.09. The Kier molecular flexibility index (Phi) is 10.2. The molecule has 0 bridgehead atoms. The number of anilines is 1. The Balaban J connectivity index is 1.71. The fourth-order valence-corrected chi connectivity index (χ4v) is 6.86. The first kappa shape index (κ1) is 31.2. The van der Waals surface area contributed by atoms with Gasteiger partial charge < -0.3 is 10.2 Å². The zero-order valence-electron chi connectivity index (χ0n) is 22.8. The molecule has 2 amide bonds. The lowest BCUT2D eigenvalue weighted by molar-refractivity contribution is -0.139. The summed E-state index contributed by atoms with van der Waals surface area (Å²) in [6, 6.07) is 16.7. The van der Waals surface area contributed by atoms with Crippen LogP contribution >= 0.6 is 34.8 Å². The molecule has 1 atom stereocenters. The average molecular weight is 637 g/mol. The lowest BCUT2D eigenvalue weighted by atomic mass is 10.1. The Morgan fingerprint density at radius 3 is 2.10 bits per heavy atom. The zero-order valence-corrected chi connectivity index (χ0v) is 25.9. The molecule has 1 fully saturated rings. The van der Waals surface area contributed by atoms with Crippen LogP contribution in [0, 0.1) is 6.92 Å². The Bertz CT molecular complexity index is 1470. The Morgan fingerprint density at radius 1 is 0.927 bits per heavy atom. The van der Waals surface area contributed by atoms with E-state index in [0.717, 1.165) is 35.6 Å². The molecule has 0 saturated heterocycles. The van der Waals surface area contributed by atoms with Gasteiger partial charge in [-0.05, 0) is 75.2 Å². The highest BCUT2D eigenvalue weighted by atomic mass is 35.5. The van der Waals surface area contributed by atoms with Gasteiger partial charge in [0.1, 0.15) is 12.6 Å². The molecule has 1 unspecified atom stereocenters. The standard InChI is InChI=1S/C30H32Cl3N3O4S/c1-20-10-14-24(15-11-20)36(41(39,40)25-16-12-22(31)13-17-25)19-29(37)35(18-26-27(32)8-5-9-28(26)33)21(2)30(38)34-23-6-3-4-7-23/h5,8-17,21,23H,3-4,6-7,18-19H2,1-2H3,(H,34,38). The van der Waals surface area contributed by atoms with Crippen molar-refractivity contribution in [3.63, 3.8) is 0 Å². The highest BCUT2D eigenvalue weighted by Gasteiger charge is 2.34. The first-order valence-corrected chi connectivity index (χ1v) is 15.9. The summed E-state index contributed by atoms with van der Waals surface area (Å²) >= 11 is 18.9. The van der Waals surface area contributed by atoms with Crippen molar-refractivity contribution in [3.8, 4) is 0 Å². The predicted molar refractivity (Wildman–Crippen MR) is 164 cm³/mol. The number of carbonyl (C=O) groups excluding carboxylic acids is 2. The Labute approximate surface area is 256 Å². The molecule has 41 heavy (non-hydrogen) atoms. The molecule has 1 saturated carbocycles. The van der Waals surface area contributed by atoms with E-state index in [1.54, 1.807) is 49.4 Å². The largest absolute Gasteiger partial charge is 0.352 e. The molecule has 0 spiro atoms. The van der Waals surface area contributed by atoms with Crippen LogP contribution in [0.2, 0.25) is 15.1 Å². The summed E-state index contributed by atoms with van der Waals surface area (Å²) in [6.07, 6.45) is 3.82. The fraction of sp³-hybridized carbons (Fsp3) is 0.333. The van der Waals surface area contributed by atoms with Crippen molar-refractivity contribution in [2.75, 3.05) is 10.8 Å². The molecule has 0 aromatic heterocycles. The van der Waals surface area contributed by atoms with E-state index in [0.29, 0.717) is 26.3 Å². The first-order valence-electron chi connectivity index (χ1n) is 13.3. The molecule has 1 aliphatic rings. The summed E-state index contributed by atoms with van der Waals surface area (Å²) < 4.78 is 28.8. The minimum atomic E-state index is -4.19. The maximum Gasteiger partial charge on any atom is 0.264 e. The smallest absolute Gasteiger partial charge is 0.264 e. The zero-order chi connectivity index (χ0) is 29.7. The maximum atomic E-state index is 14.1. The molecule has 3 aromatic rings. The summed E-state index contributed by atoms with van der Waals surface area (Å²) in [7, 11) is -4.19. The number of aryl methyl sites for hydroxylation is 1. The normalized spacial score (nSPS) is 14.5. The molecule has 0 radical (unpaired) electrons. The molecule has 1 aliphatic carbocycles. The first-order chi connectivity index (χ1) is 19.5. The quantitative estimate of drug-likeness (QED) is 0.271. The molecular formula is C30H32Cl3N3O4S.